The summed E-state index contributed by atoms with van der Waals surface area (Å²) in [6.07, 6.45) is 3.07. The van der Waals surface area contributed by atoms with Crippen molar-refractivity contribution in [2.24, 2.45) is 7.05 Å². The molecule has 0 saturated carbocycles. The van der Waals surface area contributed by atoms with E-state index in [0.717, 1.165) is 0 Å². The minimum Gasteiger partial charge on any atom is -0.462 e. The minimum absolute atomic E-state index is 0.211. The number of aromatic nitrogens is 4. The second-order valence-corrected chi connectivity index (χ2v) is 4.26. The molecular weight excluding hydrogens is 274 g/mol. The zero-order chi connectivity index (χ0) is 15.4. The van der Waals surface area contributed by atoms with Crippen LogP contribution in [0.5, 0.6) is 0 Å². The fourth-order valence-corrected chi connectivity index (χ4v) is 1.77. The van der Waals surface area contributed by atoms with Crippen LogP contribution in [0.2, 0.25) is 0 Å². The number of carbonyl (C=O) groups is 2. The van der Waals surface area contributed by atoms with E-state index in [0.29, 0.717) is 6.54 Å². The molecule has 112 valence electrons. The number of hydrogen-bond acceptors (Lipinski definition) is 5. The Kier molecular flexibility index (Phi) is 4.36. The molecule has 2 heterocycles. The molecule has 1 amide bonds. The van der Waals surface area contributed by atoms with E-state index >= 15 is 0 Å². The van der Waals surface area contributed by atoms with Gasteiger partial charge in [-0.1, -0.05) is 0 Å². The van der Waals surface area contributed by atoms with Crippen LogP contribution in [0.4, 0.5) is 5.82 Å². The fraction of sp³-hybridized carbons (Fsp3) is 0.385. The standard InChI is InChI=1S/C13H17N5O3/c1-4-18-7-6-10(16-18)12(19)15-11-9(8-14-17(11)3)13(20)21-5-2/h6-8H,4-5H2,1-3H3,(H,15,19). The van der Waals surface area contributed by atoms with Crippen molar-refractivity contribution in [2.75, 3.05) is 11.9 Å². The van der Waals surface area contributed by atoms with Crippen molar-refractivity contribution in [3.05, 3.63) is 29.7 Å². The van der Waals surface area contributed by atoms with E-state index in [4.69, 9.17) is 4.74 Å². The van der Waals surface area contributed by atoms with Crippen LogP contribution in [0, 0.1) is 0 Å². The Balaban J connectivity index is 2.20. The molecule has 0 spiro atoms. The van der Waals surface area contributed by atoms with Gasteiger partial charge in [0.2, 0.25) is 0 Å². The molecule has 0 saturated heterocycles. The number of rotatable bonds is 5. The monoisotopic (exact) mass is 291 g/mol. The van der Waals surface area contributed by atoms with Crippen LogP contribution in [0.15, 0.2) is 18.5 Å². The molecule has 0 bridgehead atoms. The first-order valence-electron chi connectivity index (χ1n) is 6.60. The van der Waals surface area contributed by atoms with Gasteiger partial charge in [-0.05, 0) is 19.9 Å². The van der Waals surface area contributed by atoms with Crippen molar-refractivity contribution in [2.45, 2.75) is 20.4 Å². The van der Waals surface area contributed by atoms with E-state index in [1.54, 1.807) is 30.9 Å². The van der Waals surface area contributed by atoms with E-state index in [2.05, 4.69) is 15.5 Å². The predicted octanol–water partition coefficient (Wildman–Crippen LogP) is 1.07. The summed E-state index contributed by atoms with van der Waals surface area (Å²) >= 11 is 0. The maximum Gasteiger partial charge on any atom is 0.343 e. The topological polar surface area (TPSA) is 91.0 Å². The van der Waals surface area contributed by atoms with Gasteiger partial charge < -0.3 is 10.1 Å². The lowest BCUT2D eigenvalue weighted by molar-refractivity contribution is 0.0527. The minimum atomic E-state index is -0.528. The third-order valence-electron chi connectivity index (χ3n) is 2.86. The van der Waals surface area contributed by atoms with Crippen molar-refractivity contribution in [3.63, 3.8) is 0 Å². The second-order valence-electron chi connectivity index (χ2n) is 4.26. The zero-order valence-electron chi connectivity index (χ0n) is 12.2. The maximum atomic E-state index is 12.1. The van der Waals surface area contributed by atoms with Gasteiger partial charge in [0.05, 0.1) is 12.8 Å². The van der Waals surface area contributed by atoms with Crippen molar-refractivity contribution in [1.82, 2.24) is 19.6 Å². The van der Waals surface area contributed by atoms with Gasteiger partial charge in [-0.15, -0.1) is 0 Å². The molecule has 0 radical (unpaired) electrons. The molecule has 0 aromatic carbocycles. The van der Waals surface area contributed by atoms with Gasteiger partial charge in [0.15, 0.2) is 5.69 Å². The SMILES string of the molecule is CCOC(=O)c1cnn(C)c1NC(=O)c1ccn(CC)n1. The van der Waals surface area contributed by atoms with E-state index < -0.39 is 11.9 Å². The van der Waals surface area contributed by atoms with Crippen molar-refractivity contribution >= 4 is 17.7 Å². The molecule has 8 heteroatoms. The molecule has 8 nitrogen and oxygen atoms in total. The van der Waals surface area contributed by atoms with Crippen molar-refractivity contribution in [3.8, 4) is 0 Å². The third kappa shape index (κ3) is 3.10. The number of ether oxygens (including phenoxy) is 1. The summed E-state index contributed by atoms with van der Waals surface area (Å²) in [6.45, 7) is 4.56. The normalized spacial score (nSPS) is 10.4. The van der Waals surface area contributed by atoms with Crippen LogP contribution >= 0.6 is 0 Å². The second kappa shape index (κ2) is 6.21. The van der Waals surface area contributed by atoms with Gasteiger partial charge in [0, 0.05) is 19.8 Å². The number of amides is 1. The maximum absolute atomic E-state index is 12.1. The molecule has 0 atom stereocenters. The van der Waals surface area contributed by atoms with Crippen molar-refractivity contribution < 1.29 is 14.3 Å². The molecule has 2 rings (SSSR count). The number of carbonyl (C=O) groups excluding carboxylic acids is 2. The molecule has 2 aromatic rings. The number of anilines is 1. The number of nitrogens with one attached hydrogen (secondary N) is 1. The molecule has 21 heavy (non-hydrogen) atoms. The Hall–Kier alpha value is -2.64. The summed E-state index contributed by atoms with van der Waals surface area (Å²) in [5, 5.41) is 10.7. The number of hydrogen-bond donors (Lipinski definition) is 1. The lowest BCUT2D eigenvalue weighted by atomic mass is 10.3. The average Bonchev–Trinajstić information content (AvgIpc) is 3.07. The fourth-order valence-electron chi connectivity index (χ4n) is 1.77. The van der Waals surface area contributed by atoms with Gasteiger partial charge in [0.1, 0.15) is 11.4 Å². The molecule has 0 aliphatic rings. The third-order valence-corrected chi connectivity index (χ3v) is 2.86. The Labute approximate surface area is 121 Å². The summed E-state index contributed by atoms with van der Waals surface area (Å²) in [6, 6.07) is 1.61. The Bertz CT molecular complexity index is 659. The van der Waals surface area contributed by atoms with E-state index in [-0.39, 0.29) is 23.7 Å². The van der Waals surface area contributed by atoms with Crippen LogP contribution in [-0.2, 0) is 18.3 Å². The first-order valence-corrected chi connectivity index (χ1v) is 6.60. The van der Waals surface area contributed by atoms with E-state index in [1.165, 1.54) is 10.9 Å². The van der Waals surface area contributed by atoms with E-state index in [9.17, 15) is 9.59 Å². The molecular formula is C13H17N5O3. The zero-order valence-corrected chi connectivity index (χ0v) is 12.2. The molecule has 0 fully saturated rings. The van der Waals surface area contributed by atoms with Gasteiger partial charge in [-0.2, -0.15) is 10.2 Å². The predicted molar refractivity (Wildman–Crippen MR) is 75.0 cm³/mol. The van der Waals surface area contributed by atoms with Gasteiger partial charge >= 0.3 is 5.97 Å². The van der Waals surface area contributed by atoms with E-state index in [1.807, 2.05) is 6.92 Å². The summed E-state index contributed by atoms with van der Waals surface area (Å²) in [7, 11) is 1.63. The van der Waals surface area contributed by atoms with Crippen LogP contribution < -0.4 is 5.32 Å². The summed E-state index contributed by atoms with van der Waals surface area (Å²) in [4.78, 5) is 23.9. The van der Waals surface area contributed by atoms with Crippen LogP contribution in [0.1, 0.15) is 34.7 Å². The Morgan fingerprint density at radius 2 is 2.14 bits per heavy atom. The van der Waals surface area contributed by atoms with Crippen LogP contribution in [0.3, 0.4) is 0 Å². The summed E-state index contributed by atoms with van der Waals surface area (Å²) in [5.74, 6) is -0.652. The Morgan fingerprint density at radius 1 is 1.38 bits per heavy atom. The van der Waals surface area contributed by atoms with Crippen LogP contribution in [0.25, 0.3) is 0 Å². The summed E-state index contributed by atoms with van der Waals surface area (Å²) < 4.78 is 7.97. The highest BCUT2D eigenvalue weighted by atomic mass is 16.5. The number of nitrogens with zero attached hydrogens (tertiary/aromatic N) is 4. The highest BCUT2D eigenvalue weighted by molar-refractivity contribution is 6.06. The molecule has 0 unspecified atom stereocenters. The first-order chi connectivity index (χ1) is 10.1. The van der Waals surface area contributed by atoms with Gasteiger partial charge in [-0.25, -0.2) is 4.79 Å². The van der Waals surface area contributed by atoms with Gasteiger partial charge in [0.25, 0.3) is 5.91 Å². The summed E-state index contributed by atoms with van der Waals surface area (Å²) in [5.41, 5.74) is 0.482. The molecule has 2 aromatic heterocycles. The lowest BCUT2D eigenvalue weighted by Gasteiger charge is -2.06. The highest BCUT2D eigenvalue weighted by Crippen LogP contribution is 2.16. The number of aryl methyl sites for hydroxylation is 2. The average molecular weight is 291 g/mol. The van der Waals surface area contributed by atoms with Crippen LogP contribution in [-0.4, -0.2) is 38.0 Å². The highest BCUT2D eigenvalue weighted by Gasteiger charge is 2.20. The largest absolute Gasteiger partial charge is 0.462 e. The first kappa shape index (κ1) is 14.8. The number of esters is 1. The van der Waals surface area contributed by atoms with Crippen molar-refractivity contribution in [1.29, 1.82) is 0 Å². The lowest BCUT2D eigenvalue weighted by Crippen LogP contribution is -2.18. The quantitative estimate of drug-likeness (QED) is 0.832. The Morgan fingerprint density at radius 3 is 2.76 bits per heavy atom. The molecule has 1 N–H and O–H groups in total. The smallest absolute Gasteiger partial charge is 0.343 e. The molecule has 0 aliphatic heterocycles. The van der Waals surface area contributed by atoms with Gasteiger partial charge in [-0.3, -0.25) is 14.2 Å². The molecule has 0 aliphatic carbocycles.